The summed E-state index contributed by atoms with van der Waals surface area (Å²) < 4.78 is 24.4. The van der Waals surface area contributed by atoms with E-state index in [4.69, 9.17) is 0 Å². The van der Waals surface area contributed by atoms with E-state index in [1.165, 1.54) is 11.6 Å². The summed E-state index contributed by atoms with van der Waals surface area (Å²) >= 11 is 0. The highest BCUT2D eigenvalue weighted by atomic mass is 19.3. The lowest BCUT2D eigenvalue weighted by atomic mass is 10.0. The Hall–Kier alpha value is -2.23. The van der Waals surface area contributed by atoms with Gasteiger partial charge < -0.3 is 4.98 Å². The van der Waals surface area contributed by atoms with E-state index in [1.807, 2.05) is 33.8 Å². The first-order valence-corrected chi connectivity index (χ1v) is 9.19. The number of nitrogens with one attached hydrogen (secondary N) is 1. The summed E-state index contributed by atoms with van der Waals surface area (Å²) in [4.78, 5) is 7.27. The normalized spacial score (nSPS) is 10.6. The second kappa shape index (κ2) is 10.7. The molecule has 142 valence electrons. The molecule has 1 aromatic heterocycles. The average Bonchev–Trinajstić information content (AvgIpc) is 3.11. The second-order valence-electron chi connectivity index (χ2n) is 6.46. The van der Waals surface area contributed by atoms with E-state index in [9.17, 15) is 8.78 Å². The standard InChI is InChI=1S/C10H12F2.C10H12N2.C2H6/c1-7(2)8-4-3-5-9(6-8)10(11)12;1-7(2)8-3-4-9-10(5-8)12-6-11-9;1-2/h3-7,10H,1-2H3;3-7H,1-2H3,(H,11,12);1-2H3. The SMILES string of the molecule is CC.CC(C)c1ccc2nc[nH]c2c1.CC(C)c1cccc(C(F)F)c1. The van der Waals surface area contributed by atoms with Gasteiger partial charge in [-0.05, 0) is 41.2 Å². The Bertz CT molecular complexity index is 753. The Labute approximate surface area is 155 Å². The van der Waals surface area contributed by atoms with Crippen molar-refractivity contribution in [2.45, 2.75) is 59.8 Å². The van der Waals surface area contributed by atoms with Crippen LogP contribution in [0, 0.1) is 0 Å². The third kappa shape index (κ3) is 6.25. The summed E-state index contributed by atoms with van der Waals surface area (Å²) in [5, 5.41) is 0. The van der Waals surface area contributed by atoms with Gasteiger partial charge in [-0.15, -0.1) is 0 Å². The van der Waals surface area contributed by atoms with Crippen molar-refractivity contribution in [1.29, 1.82) is 0 Å². The van der Waals surface area contributed by atoms with Crippen LogP contribution in [0.15, 0.2) is 48.8 Å². The minimum Gasteiger partial charge on any atom is -0.345 e. The van der Waals surface area contributed by atoms with Crippen LogP contribution in [0.25, 0.3) is 11.0 Å². The van der Waals surface area contributed by atoms with E-state index in [0.717, 1.165) is 16.6 Å². The van der Waals surface area contributed by atoms with Crippen LogP contribution in [0.5, 0.6) is 0 Å². The number of benzene rings is 2. The molecule has 0 saturated heterocycles. The third-order valence-corrected chi connectivity index (χ3v) is 3.94. The van der Waals surface area contributed by atoms with Crippen LogP contribution in [-0.4, -0.2) is 9.97 Å². The van der Waals surface area contributed by atoms with Gasteiger partial charge >= 0.3 is 0 Å². The lowest BCUT2D eigenvalue weighted by molar-refractivity contribution is 0.151. The van der Waals surface area contributed by atoms with Crippen molar-refractivity contribution in [2.24, 2.45) is 0 Å². The summed E-state index contributed by atoms with van der Waals surface area (Å²) in [6.07, 6.45) is -0.627. The number of hydrogen-bond donors (Lipinski definition) is 1. The van der Waals surface area contributed by atoms with Crippen LogP contribution in [0.1, 0.15) is 76.5 Å². The number of alkyl halides is 2. The predicted octanol–water partition coefficient (Wildman–Crippen LogP) is 7.46. The van der Waals surface area contributed by atoms with Gasteiger partial charge in [0.1, 0.15) is 0 Å². The first-order chi connectivity index (χ1) is 12.4. The number of aromatic amines is 1. The van der Waals surface area contributed by atoms with E-state index in [0.29, 0.717) is 11.8 Å². The van der Waals surface area contributed by atoms with Gasteiger partial charge in [0.2, 0.25) is 0 Å². The number of imidazole rings is 1. The molecule has 0 aliphatic heterocycles. The number of fused-ring (bicyclic) bond motifs is 1. The smallest absolute Gasteiger partial charge is 0.263 e. The molecule has 2 aromatic carbocycles. The van der Waals surface area contributed by atoms with Crippen LogP contribution < -0.4 is 0 Å². The number of H-pyrrole nitrogens is 1. The Morgan fingerprint density at radius 2 is 1.38 bits per heavy atom. The molecule has 0 saturated carbocycles. The lowest BCUT2D eigenvalue weighted by Gasteiger charge is -2.06. The number of aromatic nitrogens is 2. The zero-order valence-electron chi connectivity index (χ0n) is 16.6. The van der Waals surface area contributed by atoms with Crippen molar-refractivity contribution >= 4 is 11.0 Å². The first-order valence-electron chi connectivity index (χ1n) is 9.19. The Balaban J connectivity index is 0.000000238. The molecule has 0 amide bonds. The summed E-state index contributed by atoms with van der Waals surface area (Å²) in [6, 6.07) is 12.9. The summed E-state index contributed by atoms with van der Waals surface area (Å²) in [6.45, 7) is 12.4. The Morgan fingerprint density at radius 1 is 0.808 bits per heavy atom. The molecule has 4 heteroatoms. The Kier molecular flexibility index (Phi) is 8.97. The molecule has 2 nitrogen and oxygen atoms in total. The molecule has 0 radical (unpaired) electrons. The molecule has 0 bridgehead atoms. The molecular formula is C22H30F2N2. The molecule has 1 heterocycles. The number of nitrogens with zero attached hydrogens (tertiary/aromatic N) is 1. The highest BCUT2D eigenvalue weighted by Crippen LogP contribution is 2.23. The number of hydrogen-bond acceptors (Lipinski definition) is 1. The molecule has 26 heavy (non-hydrogen) atoms. The van der Waals surface area contributed by atoms with Crippen molar-refractivity contribution in [3.63, 3.8) is 0 Å². The number of rotatable bonds is 3. The van der Waals surface area contributed by atoms with E-state index in [1.54, 1.807) is 18.5 Å². The van der Waals surface area contributed by atoms with Gasteiger partial charge in [0, 0.05) is 5.56 Å². The maximum Gasteiger partial charge on any atom is 0.263 e. The molecule has 3 rings (SSSR count). The van der Waals surface area contributed by atoms with Crippen molar-refractivity contribution in [2.75, 3.05) is 0 Å². The fourth-order valence-corrected chi connectivity index (χ4v) is 2.37. The number of halogens is 2. The fraction of sp³-hybridized carbons (Fsp3) is 0.409. The van der Waals surface area contributed by atoms with Gasteiger partial charge in [-0.2, -0.15) is 0 Å². The highest BCUT2D eigenvalue weighted by Gasteiger charge is 2.07. The van der Waals surface area contributed by atoms with Crippen LogP contribution in [0.2, 0.25) is 0 Å². The van der Waals surface area contributed by atoms with Crippen LogP contribution >= 0.6 is 0 Å². The topological polar surface area (TPSA) is 28.7 Å². The second-order valence-corrected chi connectivity index (χ2v) is 6.46. The molecular weight excluding hydrogens is 330 g/mol. The van der Waals surface area contributed by atoms with E-state index < -0.39 is 6.43 Å². The van der Waals surface area contributed by atoms with Crippen molar-refractivity contribution in [3.8, 4) is 0 Å². The van der Waals surface area contributed by atoms with Gasteiger partial charge in [0.05, 0.1) is 17.4 Å². The predicted molar refractivity (Wildman–Crippen MR) is 107 cm³/mol. The summed E-state index contributed by atoms with van der Waals surface area (Å²) in [5.41, 5.74) is 4.60. The summed E-state index contributed by atoms with van der Waals surface area (Å²) in [5.74, 6) is 0.890. The largest absolute Gasteiger partial charge is 0.345 e. The van der Waals surface area contributed by atoms with Gasteiger partial charge in [0.15, 0.2) is 0 Å². The molecule has 0 unspecified atom stereocenters. The van der Waals surface area contributed by atoms with Gasteiger partial charge in [-0.3, -0.25) is 0 Å². The van der Waals surface area contributed by atoms with Crippen LogP contribution in [-0.2, 0) is 0 Å². The molecule has 0 aliphatic rings. The monoisotopic (exact) mass is 360 g/mol. The average molecular weight is 360 g/mol. The molecule has 0 atom stereocenters. The van der Waals surface area contributed by atoms with Gasteiger partial charge in [-0.1, -0.05) is 65.8 Å². The zero-order chi connectivity index (χ0) is 19.7. The minimum atomic E-state index is -2.36. The Morgan fingerprint density at radius 3 is 1.96 bits per heavy atom. The van der Waals surface area contributed by atoms with E-state index >= 15 is 0 Å². The zero-order valence-corrected chi connectivity index (χ0v) is 16.6. The van der Waals surface area contributed by atoms with Crippen molar-refractivity contribution in [1.82, 2.24) is 9.97 Å². The fourth-order valence-electron chi connectivity index (χ4n) is 2.37. The molecule has 0 fully saturated rings. The summed E-state index contributed by atoms with van der Waals surface area (Å²) in [7, 11) is 0. The molecule has 1 N–H and O–H groups in total. The highest BCUT2D eigenvalue weighted by molar-refractivity contribution is 5.75. The quantitative estimate of drug-likeness (QED) is 0.516. The third-order valence-electron chi connectivity index (χ3n) is 3.94. The van der Waals surface area contributed by atoms with Crippen molar-refractivity contribution in [3.05, 3.63) is 65.5 Å². The first kappa shape index (κ1) is 21.8. The van der Waals surface area contributed by atoms with E-state index in [-0.39, 0.29) is 5.56 Å². The van der Waals surface area contributed by atoms with Crippen LogP contribution in [0.4, 0.5) is 8.78 Å². The van der Waals surface area contributed by atoms with Gasteiger partial charge in [0.25, 0.3) is 6.43 Å². The van der Waals surface area contributed by atoms with Crippen molar-refractivity contribution < 1.29 is 8.78 Å². The molecule has 3 aromatic rings. The van der Waals surface area contributed by atoms with Gasteiger partial charge in [-0.25, -0.2) is 13.8 Å². The van der Waals surface area contributed by atoms with E-state index in [2.05, 4.69) is 42.0 Å². The lowest BCUT2D eigenvalue weighted by Crippen LogP contribution is -1.90. The molecule has 0 aliphatic carbocycles. The van der Waals surface area contributed by atoms with Crippen LogP contribution in [0.3, 0.4) is 0 Å². The minimum absolute atomic E-state index is 0.112. The maximum absolute atomic E-state index is 12.2. The maximum atomic E-state index is 12.2. The molecule has 0 spiro atoms.